The summed E-state index contributed by atoms with van der Waals surface area (Å²) >= 11 is 0. The Kier molecular flexibility index (Phi) is 5.65. The first-order valence-corrected chi connectivity index (χ1v) is 5.77. The van der Waals surface area contributed by atoms with Gasteiger partial charge in [0.2, 0.25) is 0 Å². The first kappa shape index (κ1) is 13.7. The van der Waals surface area contributed by atoms with Gasteiger partial charge in [-0.25, -0.2) is 9.97 Å². The van der Waals surface area contributed by atoms with Crippen LogP contribution in [0.1, 0.15) is 19.2 Å². The number of rotatable bonds is 7. The molecule has 0 saturated carbocycles. The van der Waals surface area contributed by atoms with Crippen molar-refractivity contribution in [1.29, 1.82) is 0 Å². The highest BCUT2D eigenvalue weighted by atomic mass is 16.3. The van der Waals surface area contributed by atoms with Gasteiger partial charge in [-0.2, -0.15) is 0 Å². The largest absolute Gasteiger partial charge is 0.394 e. The fourth-order valence-electron chi connectivity index (χ4n) is 1.34. The summed E-state index contributed by atoms with van der Waals surface area (Å²) < 4.78 is 0. The van der Waals surface area contributed by atoms with Crippen LogP contribution in [0.25, 0.3) is 0 Å². The van der Waals surface area contributed by atoms with Crippen molar-refractivity contribution in [2.75, 3.05) is 30.4 Å². The van der Waals surface area contributed by atoms with Crippen molar-refractivity contribution in [3.63, 3.8) is 0 Å². The summed E-state index contributed by atoms with van der Waals surface area (Å²) in [4.78, 5) is 8.44. The second kappa shape index (κ2) is 7.03. The van der Waals surface area contributed by atoms with Crippen molar-refractivity contribution in [3.8, 4) is 0 Å². The summed E-state index contributed by atoms with van der Waals surface area (Å²) in [6, 6.07) is 1.37. The van der Waals surface area contributed by atoms with Gasteiger partial charge in [0, 0.05) is 12.6 Å². The van der Waals surface area contributed by atoms with E-state index in [1.807, 2.05) is 0 Å². The second-order valence-electron chi connectivity index (χ2n) is 3.82. The Morgan fingerprint density at radius 3 is 2.47 bits per heavy atom. The zero-order chi connectivity index (χ0) is 12.7. The number of hydrogen-bond donors (Lipinski definition) is 4. The van der Waals surface area contributed by atoms with Crippen molar-refractivity contribution < 1.29 is 10.2 Å². The van der Waals surface area contributed by atoms with Crippen molar-refractivity contribution in [1.82, 2.24) is 9.97 Å². The summed E-state index contributed by atoms with van der Waals surface area (Å²) in [7, 11) is 0. The van der Waals surface area contributed by atoms with E-state index >= 15 is 0 Å². The minimum atomic E-state index is -0.400. The molecule has 6 heteroatoms. The number of anilines is 2. The third kappa shape index (κ3) is 4.54. The SMILES string of the molecule is CCCNc1cc(NC(CO)CO)nc(C)n1. The van der Waals surface area contributed by atoms with E-state index in [1.165, 1.54) is 0 Å². The Labute approximate surface area is 101 Å². The van der Waals surface area contributed by atoms with E-state index in [1.54, 1.807) is 13.0 Å². The van der Waals surface area contributed by atoms with E-state index in [-0.39, 0.29) is 13.2 Å². The molecule has 4 N–H and O–H groups in total. The van der Waals surface area contributed by atoms with E-state index < -0.39 is 6.04 Å². The molecule has 0 unspecified atom stereocenters. The smallest absolute Gasteiger partial charge is 0.132 e. The van der Waals surface area contributed by atoms with Crippen molar-refractivity contribution in [2.24, 2.45) is 0 Å². The monoisotopic (exact) mass is 240 g/mol. The molecule has 0 saturated heterocycles. The highest BCUT2D eigenvalue weighted by molar-refractivity contribution is 5.48. The molecule has 1 aromatic rings. The number of aryl methyl sites for hydroxylation is 1. The molecule has 6 nitrogen and oxygen atoms in total. The van der Waals surface area contributed by atoms with Gasteiger partial charge < -0.3 is 20.8 Å². The summed E-state index contributed by atoms with van der Waals surface area (Å²) in [5.41, 5.74) is 0. The quantitative estimate of drug-likeness (QED) is 0.550. The molecule has 96 valence electrons. The van der Waals surface area contributed by atoms with Crippen LogP contribution in [0, 0.1) is 6.92 Å². The number of aliphatic hydroxyl groups is 2. The summed E-state index contributed by atoms with van der Waals surface area (Å²) in [5, 5.41) is 24.1. The standard InChI is InChI=1S/C11H20N4O2/c1-3-4-12-10-5-11(14-8(2)13-10)15-9(6-16)7-17/h5,9,16-17H,3-4,6-7H2,1-2H3,(H2,12,13,14,15). The van der Waals surface area contributed by atoms with Crippen LogP contribution in [0.4, 0.5) is 11.6 Å². The normalized spacial score (nSPS) is 10.6. The van der Waals surface area contributed by atoms with E-state index in [4.69, 9.17) is 10.2 Å². The van der Waals surface area contributed by atoms with Crippen LogP contribution in [0.2, 0.25) is 0 Å². The highest BCUT2D eigenvalue weighted by Crippen LogP contribution is 2.12. The van der Waals surface area contributed by atoms with Gasteiger partial charge in [-0.05, 0) is 13.3 Å². The molecule has 0 aliphatic heterocycles. The molecule has 0 fully saturated rings. The van der Waals surface area contributed by atoms with Crippen LogP contribution in [0.3, 0.4) is 0 Å². The fourth-order valence-corrected chi connectivity index (χ4v) is 1.34. The first-order chi connectivity index (χ1) is 8.19. The minimum Gasteiger partial charge on any atom is -0.394 e. The van der Waals surface area contributed by atoms with E-state index in [9.17, 15) is 0 Å². The van der Waals surface area contributed by atoms with Crippen LogP contribution in [0.15, 0.2) is 6.07 Å². The topological polar surface area (TPSA) is 90.3 Å². The predicted molar refractivity (Wildman–Crippen MR) is 67.1 cm³/mol. The molecule has 0 spiro atoms. The van der Waals surface area contributed by atoms with Crippen molar-refractivity contribution >= 4 is 11.6 Å². The molecule has 0 radical (unpaired) electrons. The Balaban J connectivity index is 2.74. The Hall–Kier alpha value is -1.40. The average Bonchev–Trinajstić information content (AvgIpc) is 2.32. The Bertz CT molecular complexity index is 342. The van der Waals surface area contributed by atoms with Gasteiger partial charge in [0.1, 0.15) is 17.5 Å². The molecular weight excluding hydrogens is 220 g/mol. The average molecular weight is 240 g/mol. The van der Waals surface area contributed by atoms with E-state index in [0.29, 0.717) is 11.6 Å². The Morgan fingerprint density at radius 2 is 1.88 bits per heavy atom. The Morgan fingerprint density at radius 1 is 1.24 bits per heavy atom. The van der Waals surface area contributed by atoms with Gasteiger partial charge in [0.05, 0.1) is 19.3 Å². The summed E-state index contributed by atoms with van der Waals surface area (Å²) in [6.45, 7) is 4.44. The predicted octanol–water partition coefficient (Wildman–Crippen LogP) is 0.372. The lowest BCUT2D eigenvalue weighted by atomic mass is 10.3. The van der Waals surface area contributed by atoms with Gasteiger partial charge in [-0.1, -0.05) is 6.92 Å². The lowest BCUT2D eigenvalue weighted by Crippen LogP contribution is -2.28. The zero-order valence-electron chi connectivity index (χ0n) is 10.3. The maximum atomic E-state index is 8.99. The maximum absolute atomic E-state index is 8.99. The molecule has 0 bridgehead atoms. The first-order valence-electron chi connectivity index (χ1n) is 5.77. The van der Waals surface area contributed by atoms with E-state index in [0.717, 1.165) is 18.8 Å². The lowest BCUT2D eigenvalue weighted by molar-refractivity contribution is 0.203. The molecule has 0 aromatic carbocycles. The zero-order valence-corrected chi connectivity index (χ0v) is 10.3. The van der Waals surface area contributed by atoms with Crippen LogP contribution >= 0.6 is 0 Å². The minimum absolute atomic E-state index is 0.142. The molecule has 0 aliphatic rings. The van der Waals surface area contributed by atoms with Crippen LogP contribution in [-0.4, -0.2) is 46.0 Å². The van der Waals surface area contributed by atoms with E-state index in [2.05, 4.69) is 27.5 Å². The highest BCUT2D eigenvalue weighted by Gasteiger charge is 2.07. The fraction of sp³-hybridized carbons (Fsp3) is 0.636. The third-order valence-corrected chi connectivity index (χ3v) is 2.19. The van der Waals surface area contributed by atoms with Gasteiger partial charge in [-0.15, -0.1) is 0 Å². The van der Waals surface area contributed by atoms with Gasteiger partial charge in [0.15, 0.2) is 0 Å². The van der Waals surface area contributed by atoms with Crippen LogP contribution in [-0.2, 0) is 0 Å². The molecule has 0 aliphatic carbocycles. The molecular formula is C11H20N4O2. The van der Waals surface area contributed by atoms with Gasteiger partial charge >= 0.3 is 0 Å². The summed E-state index contributed by atoms with van der Waals surface area (Å²) in [6.07, 6.45) is 1.02. The van der Waals surface area contributed by atoms with Crippen LogP contribution < -0.4 is 10.6 Å². The molecule has 1 rings (SSSR count). The number of hydrogen-bond acceptors (Lipinski definition) is 6. The maximum Gasteiger partial charge on any atom is 0.132 e. The number of nitrogens with zero attached hydrogens (tertiary/aromatic N) is 2. The van der Waals surface area contributed by atoms with Crippen LogP contribution in [0.5, 0.6) is 0 Å². The second-order valence-corrected chi connectivity index (χ2v) is 3.82. The summed E-state index contributed by atoms with van der Waals surface area (Å²) in [5.74, 6) is 1.99. The molecule has 1 aromatic heterocycles. The van der Waals surface area contributed by atoms with Gasteiger partial charge in [0.25, 0.3) is 0 Å². The molecule has 1 heterocycles. The van der Waals surface area contributed by atoms with Gasteiger partial charge in [-0.3, -0.25) is 0 Å². The molecule has 17 heavy (non-hydrogen) atoms. The molecule has 0 atom stereocenters. The molecule has 0 amide bonds. The number of aromatic nitrogens is 2. The lowest BCUT2D eigenvalue weighted by Gasteiger charge is -2.15. The van der Waals surface area contributed by atoms with Crippen molar-refractivity contribution in [3.05, 3.63) is 11.9 Å². The number of aliphatic hydroxyl groups excluding tert-OH is 2. The number of nitrogens with one attached hydrogen (secondary N) is 2. The van der Waals surface area contributed by atoms with Crippen molar-refractivity contribution in [2.45, 2.75) is 26.3 Å². The third-order valence-electron chi connectivity index (χ3n) is 2.19.